The van der Waals surface area contributed by atoms with Crippen LogP contribution in [-0.4, -0.2) is 24.4 Å². The minimum atomic E-state index is -0.304. The summed E-state index contributed by atoms with van der Waals surface area (Å²) in [6, 6.07) is 2.16. The fraction of sp³-hybridized carbons (Fsp3) is 0.900. The van der Waals surface area contributed by atoms with Gasteiger partial charge in [0.25, 0.3) is 0 Å². The van der Waals surface area contributed by atoms with Gasteiger partial charge in [-0.2, -0.15) is 5.26 Å². The van der Waals surface area contributed by atoms with Crippen molar-refractivity contribution in [3.05, 3.63) is 0 Å². The van der Waals surface area contributed by atoms with E-state index in [1.54, 1.807) is 0 Å². The summed E-state index contributed by atoms with van der Waals surface area (Å²) in [6.07, 6.45) is 2.24. The lowest BCUT2D eigenvalue weighted by Gasteiger charge is -2.18. The van der Waals surface area contributed by atoms with Crippen molar-refractivity contribution >= 4 is 0 Å². The van der Waals surface area contributed by atoms with Crippen LogP contribution < -0.4 is 0 Å². The molecule has 1 N–H and O–H groups in total. The molecule has 0 aromatic heterocycles. The molecule has 0 spiro atoms. The number of hydrogen-bond acceptors (Lipinski definition) is 3. The highest BCUT2D eigenvalue weighted by atomic mass is 16.5. The van der Waals surface area contributed by atoms with Crippen molar-refractivity contribution in [1.82, 2.24) is 0 Å². The largest absolute Gasteiger partial charge is 0.396 e. The van der Waals surface area contributed by atoms with Crippen LogP contribution in [0, 0.1) is 17.2 Å². The second kappa shape index (κ2) is 8.03. The summed E-state index contributed by atoms with van der Waals surface area (Å²) in [5, 5.41) is 17.4. The molecular weight excluding hydrogens is 166 g/mol. The van der Waals surface area contributed by atoms with E-state index >= 15 is 0 Å². The number of aliphatic hydroxyl groups is 1. The maximum Gasteiger partial charge on any atom is 0.146 e. The van der Waals surface area contributed by atoms with Gasteiger partial charge in [0.1, 0.15) is 6.10 Å². The Morgan fingerprint density at radius 1 is 1.38 bits per heavy atom. The molecule has 0 aliphatic rings. The van der Waals surface area contributed by atoms with Crippen LogP contribution in [0.5, 0.6) is 0 Å². The molecule has 3 heteroatoms. The number of rotatable bonds is 7. The maximum atomic E-state index is 8.82. The van der Waals surface area contributed by atoms with Gasteiger partial charge in [-0.1, -0.05) is 13.8 Å². The van der Waals surface area contributed by atoms with Crippen molar-refractivity contribution in [3.63, 3.8) is 0 Å². The summed E-state index contributed by atoms with van der Waals surface area (Å²) >= 11 is 0. The predicted octanol–water partition coefficient (Wildman–Crippen LogP) is 1.71. The van der Waals surface area contributed by atoms with Crippen molar-refractivity contribution in [1.29, 1.82) is 5.26 Å². The number of ether oxygens (including phenoxy) is 1. The molecule has 1 unspecified atom stereocenters. The van der Waals surface area contributed by atoms with Gasteiger partial charge in [0.2, 0.25) is 0 Å². The van der Waals surface area contributed by atoms with Crippen LogP contribution in [0.3, 0.4) is 0 Å². The smallest absolute Gasteiger partial charge is 0.146 e. The molecule has 1 atom stereocenters. The third kappa shape index (κ3) is 4.87. The van der Waals surface area contributed by atoms with Crippen LogP contribution in [0.1, 0.15) is 33.1 Å². The normalized spacial score (nSPS) is 12.8. The minimum absolute atomic E-state index is 0.126. The monoisotopic (exact) mass is 185 g/mol. The summed E-state index contributed by atoms with van der Waals surface area (Å²) in [5.74, 6) is 0.323. The first kappa shape index (κ1) is 12.4. The van der Waals surface area contributed by atoms with Crippen LogP contribution in [0.25, 0.3) is 0 Å². The second-order valence-corrected chi connectivity index (χ2v) is 3.07. The van der Waals surface area contributed by atoms with Gasteiger partial charge >= 0.3 is 0 Å². The van der Waals surface area contributed by atoms with Crippen LogP contribution in [-0.2, 0) is 4.74 Å². The fourth-order valence-electron chi connectivity index (χ4n) is 1.27. The number of hydrogen-bond donors (Lipinski definition) is 1. The van der Waals surface area contributed by atoms with Gasteiger partial charge < -0.3 is 9.84 Å². The SMILES string of the molecule is CCC(CC)C(C#N)OCCCO. The lowest BCUT2D eigenvalue weighted by Crippen LogP contribution is -2.22. The fourth-order valence-corrected chi connectivity index (χ4v) is 1.27. The molecule has 0 amide bonds. The summed E-state index contributed by atoms with van der Waals surface area (Å²) in [4.78, 5) is 0. The molecule has 0 aromatic rings. The lowest BCUT2D eigenvalue weighted by atomic mass is 9.97. The standard InChI is InChI=1S/C10H19NO2/c1-3-9(4-2)10(8-11)13-7-5-6-12/h9-10,12H,3-7H2,1-2H3. The Morgan fingerprint density at radius 3 is 2.38 bits per heavy atom. The number of nitrogens with zero attached hydrogens (tertiary/aromatic N) is 1. The predicted molar refractivity (Wildman–Crippen MR) is 51.1 cm³/mol. The van der Waals surface area contributed by atoms with Gasteiger partial charge in [-0.05, 0) is 25.2 Å². The number of aliphatic hydroxyl groups excluding tert-OH is 1. The first-order valence-corrected chi connectivity index (χ1v) is 4.92. The van der Waals surface area contributed by atoms with Crippen molar-refractivity contribution < 1.29 is 9.84 Å². The van der Waals surface area contributed by atoms with E-state index in [1.807, 2.05) is 0 Å². The molecule has 0 heterocycles. The summed E-state index contributed by atoms with van der Waals surface area (Å²) in [7, 11) is 0. The molecule has 0 saturated heterocycles. The van der Waals surface area contributed by atoms with E-state index in [0.717, 1.165) is 12.8 Å². The van der Waals surface area contributed by atoms with E-state index < -0.39 is 0 Å². The van der Waals surface area contributed by atoms with Gasteiger partial charge in [0.15, 0.2) is 0 Å². The Bertz CT molecular complexity index is 149. The van der Waals surface area contributed by atoms with E-state index in [-0.39, 0.29) is 12.7 Å². The van der Waals surface area contributed by atoms with E-state index in [1.165, 1.54) is 0 Å². The highest BCUT2D eigenvalue weighted by Crippen LogP contribution is 2.15. The zero-order valence-corrected chi connectivity index (χ0v) is 8.49. The highest BCUT2D eigenvalue weighted by molar-refractivity contribution is 4.88. The average molecular weight is 185 g/mol. The first-order chi connectivity index (χ1) is 6.29. The minimum Gasteiger partial charge on any atom is -0.396 e. The molecule has 0 aliphatic heterocycles. The molecule has 0 fully saturated rings. The molecule has 0 aliphatic carbocycles. The van der Waals surface area contributed by atoms with Crippen LogP contribution in [0.2, 0.25) is 0 Å². The van der Waals surface area contributed by atoms with Crippen molar-refractivity contribution in [2.24, 2.45) is 5.92 Å². The lowest BCUT2D eigenvalue weighted by molar-refractivity contribution is 0.0387. The first-order valence-electron chi connectivity index (χ1n) is 4.92. The van der Waals surface area contributed by atoms with Gasteiger partial charge in [-0.25, -0.2) is 0 Å². The van der Waals surface area contributed by atoms with E-state index in [4.69, 9.17) is 15.1 Å². The Morgan fingerprint density at radius 2 is 2.00 bits per heavy atom. The Labute approximate surface area is 80.3 Å². The van der Waals surface area contributed by atoms with Gasteiger partial charge in [0, 0.05) is 6.61 Å². The molecule has 0 aromatic carbocycles. The van der Waals surface area contributed by atoms with Crippen molar-refractivity contribution in [2.45, 2.75) is 39.2 Å². The summed E-state index contributed by atoms with van der Waals surface area (Å²) in [6.45, 7) is 4.73. The molecule has 13 heavy (non-hydrogen) atoms. The maximum absolute atomic E-state index is 8.82. The molecule has 0 radical (unpaired) electrons. The number of nitriles is 1. The molecule has 0 saturated carbocycles. The van der Waals surface area contributed by atoms with Gasteiger partial charge in [-0.15, -0.1) is 0 Å². The Balaban J connectivity index is 3.80. The Hall–Kier alpha value is -0.590. The topological polar surface area (TPSA) is 53.2 Å². The Kier molecular flexibility index (Phi) is 7.66. The van der Waals surface area contributed by atoms with E-state index in [0.29, 0.717) is 18.9 Å². The van der Waals surface area contributed by atoms with E-state index in [9.17, 15) is 0 Å². The molecule has 3 nitrogen and oxygen atoms in total. The van der Waals surface area contributed by atoms with E-state index in [2.05, 4.69) is 19.9 Å². The summed E-state index contributed by atoms with van der Waals surface area (Å²) in [5.41, 5.74) is 0. The third-order valence-corrected chi connectivity index (χ3v) is 2.20. The van der Waals surface area contributed by atoms with Crippen LogP contribution in [0.4, 0.5) is 0 Å². The quantitative estimate of drug-likeness (QED) is 0.614. The summed E-state index contributed by atoms with van der Waals surface area (Å²) < 4.78 is 5.35. The highest BCUT2D eigenvalue weighted by Gasteiger charge is 2.17. The third-order valence-electron chi connectivity index (χ3n) is 2.20. The van der Waals surface area contributed by atoms with Crippen molar-refractivity contribution in [3.8, 4) is 6.07 Å². The van der Waals surface area contributed by atoms with Crippen molar-refractivity contribution in [2.75, 3.05) is 13.2 Å². The molecule has 76 valence electrons. The van der Waals surface area contributed by atoms with Gasteiger partial charge in [0.05, 0.1) is 12.7 Å². The molecular formula is C10H19NO2. The average Bonchev–Trinajstić information content (AvgIpc) is 2.17. The van der Waals surface area contributed by atoms with Crippen LogP contribution >= 0.6 is 0 Å². The zero-order chi connectivity index (χ0) is 10.1. The van der Waals surface area contributed by atoms with Gasteiger partial charge in [-0.3, -0.25) is 0 Å². The molecule has 0 bridgehead atoms. The molecule has 0 rings (SSSR count). The zero-order valence-electron chi connectivity index (χ0n) is 8.49. The second-order valence-electron chi connectivity index (χ2n) is 3.07. The van der Waals surface area contributed by atoms with Crippen LogP contribution in [0.15, 0.2) is 0 Å².